The minimum atomic E-state index is -0.364. The molecule has 1 N–H and O–H groups in total. The third kappa shape index (κ3) is 1.33. The molecule has 0 aliphatic rings. The molecule has 1 heterocycles. The molecule has 4 heteroatoms. The summed E-state index contributed by atoms with van der Waals surface area (Å²) in [5.41, 5.74) is 0.250. The van der Waals surface area contributed by atoms with Gasteiger partial charge in [-0.05, 0) is 17.5 Å². The first-order valence-electron chi connectivity index (χ1n) is 3.69. The first kappa shape index (κ1) is 8.94. The van der Waals surface area contributed by atoms with E-state index in [1.807, 2.05) is 0 Å². The second-order valence-corrected chi connectivity index (χ2v) is 3.98. The van der Waals surface area contributed by atoms with Crippen molar-refractivity contribution in [1.82, 2.24) is 0 Å². The lowest BCUT2D eigenvalue weighted by Gasteiger charge is -2.01. The number of fused-ring (bicyclic) bond motifs is 1. The van der Waals surface area contributed by atoms with Gasteiger partial charge in [-0.1, -0.05) is 11.6 Å². The lowest BCUT2D eigenvalue weighted by molar-refractivity contribution is 0.276. The third-order valence-electron chi connectivity index (χ3n) is 1.88. The summed E-state index contributed by atoms with van der Waals surface area (Å²) in [7, 11) is 0. The maximum atomic E-state index is 13.5. The topological polar surface area (TPSA) is 20.2 Å². The van der Waals surface area contributed by atoms with E-state index in [1.54, 1.807) is 11.4 Å². The predicted molar refractivity (Wildman–Crippen MR) is 52.7 cm³/mol. The van der Waals surface area contributed by atoms with Crippen molar-refractivity contribution in [2.75, 3.05) is 0 Å². The van der Waals surface area contributed by atoms with Crippen molar-refractivity contribution in [3.63, 3.8) is 0 Å². The number of aliphatic hydroxyl groups excluding tert-OH is 1. The van der Waals surface area contributed by atoms with Gasteiger partial charge in [-0.25, -0.2) is 4.39 Å². The summed E-state index contributed by atoms with van der Waals surface area (Å²) < 4.78 is 14.0. The van der Waals surface area contributed by atoms with Crippen molar-refractivity contribution >= 4 is 33.0 Å². The van der Waals surface area contributed by atoms with Crippen LogP contribution in [0.3, 0.4) is 0 Å². The molecule has 2 aromatic rings. The van der Waals surface area contributed by atoms with Crippen LogP contribution >= 0.6 is 22.9 Å². The van der Waals surface area contributed by atoms with Crippen molar-refractivity contribution in [2.45, 2.75) is 6.61 Å². The molecule has 1 aromatic carbocycles. The lowest BCUT2D eigenvalue weighted by Crippen LogP contribution is -1.89. The Hall–Kier alpha value is -0.640. The fraction of sp³-hybridized carbons (Fsp3) is 0.111. The molecule has 0 spiro atoms. The number of aliphatic hydroxyl groups is 1. The van der Waals surface area contributed by atoms with Gasteiger partial charge >= 0.3 is 0 Å². The Kier molecular flexibility index (Phi) is 2.24. The maximum absolute atomic E-state index is 13.5. The first-order valence-corrected chi connectivity index (χ1v) is 4.94. The second-order valence-electron chi connectivity index (χ2n) is 2.65. The van der Waals surface area contributed by atoms with Gasteiger partial charge in [0.2, 0.25) is 0 Å². The number of rotatable bonds is 1. The van der Waals surface area contributed by atoms with Gasteiger partial charge in [-0.15, -0.1) is 11.3 Å². The molecule has 0 radical (unpaired) electrons. The van der Waals surface area contributed by atoms with Crippen LogP contribution < -0.4 is 0 Å². The molecular formula is C9H6ClFOS. The van der Waals surface area contributed by atoms with Gasteiger partial charge in [0.05, 0.1) is 11.3 Å². The highest BCUT2D eigenvalue weighted by molar-refractivity contribution is 7.17. The van der Waals surface area contributed by atoms with E-state index in [1.165, 1.54) is 17.4 Å². The second kappa shape index (κ2) is 3.25. The van der Waals surface area contributed by atoms with Crippen LogP contribution in [0.1, 0.15) is 5.56 Å². The average molecular weight is 217 g/mol. The Balaban J connectivity index is 2.85. The molecule has 0 unspecified atom stereocenters. The molecule has 0 aliphatic heterocycles. The summed E-state index contributed by atoms with van der Waals surface area (Å²) in [6.07, 6.45) is 0. The fourth-order valence-corrected chi connectivity index (χ4v) is 2.45. The third-order valence-corrected chi connectivity index (χ3v) is 3.09. The molecular weight excluding hydrogens is 211 g/mol. The van der Waals surface area contributed by atoms with Crippen LogP contribution in [0.25, 0.3) is 10.1 Å². The Morgan fingerprint density at radius 2 is 2.31 bits per heavy atom. The van der Waals surface area contributed by atoms with Crippen LogP contribution in [0.2, 0.25) is 5.02 Å². The van der Waals surface area contributed by atoms with Crippen molar-refractivity contribution in [3.8, 4) is 0 Å². The van der Waals surface area contributed by atoms with Crippen molar-refractivity contribution in [2.24, 2.45) is 0 Å². The van der Waals surface area contributed by atoms with Gasteiger partial charge in [0, 0.05) is 16.0 Å². The van der Waals surface area contributed by atoms with E-state index in [0.717, 1.165) is 0 Å². The SMILES string of the molecule is OCc1cc(Cl)c2ccsc2c1F. The highest BCUT2D eigenvalue weighted by atomic mass is 35.5. The first-order chi connectivity index (χ1) is 6.24. The van der Waals surface area contributed by atoms with Crippen LogP contribution in [0.4, 0.5) is 4.39 Å². The summed E-state index contributed by atoms with van der Waals surface area (Å²) in [6.45, 7) is -0.320. The van der Waals surface area contributed by atoms with Crippen molar-refractivity contribution in [1.29, 1.82) is 0 Å². The van der Waals surface area contributed by atoms with E-state index < -0.39 is 0 Å². The van der Waals surface area contributed by atoms with Crippen LogP contribution in [-0.2, 0) is 6.61 Å². The average Bonchev–Trinajstić information content (AvgIpc) is 2.60. The Labute approximate surface area is 83.4 Å². The molecule has 68 valence electrons. The Morgan fingerprint density at radius 3 is 3.00 bits per heavy atom. The zero-order chi connectivity index (χ0) is 9.42. The number of halogens is 2. The number of benzene rings is 1. The van der Waals surface area contributed by atoms with Crippen LogP contribution in [0.5, 0.6) is 0 Å². The Morgan fingerprint density at radius 1 is 1.54 bits per heavy atom. The van der Waals surface area contributed by atoms with E-state index in [4.69, 9.17) is 16.7 Å². The molecule has 0 saturated heterocycles. The molecule has 13 heavy (non-hydrogen) atoms. The molecule has 0 bridgehead atoms. The molecule has 1 nitrogen and oxygen atoms in total. The Bertz CT molecular complexity index is 452. The normalized spacial score (nSPS) is 11.0. The summed E-state index contributed by atoms with van der Waals surface area (Å²) in [5.74, 6) is -0.364. The molecule has 0 atom stereocenters. The number of hydrogen-bond donors (Lipinski definition) is 1. The van der Waals surface area contributed by atoms with Gasteiger partial charge in [0.15, 0.2) is 0 Å². The molecule has 0 aliphatic carbocycles. The summed E-state index contributed by atoms with van der Waals surface area (Å²) in [4.78, 5) is 0. The van der Waals surface area contributed by atoms with E-state index >= 15 is 0 Å². The fourth-order valence-electron chi connectivity index (χ4n) is 1.22. The van der Waals surface area contributed by atoms with Crippen LogP contribution in [0.15, 0.2) is 17.5 Å². The van der Waals surface area contributed by atoms with Crippen LogP contribution in [0, 0.1) is 5.82 Å². The molecule has 1 aromatic heterocycles. The molecule has 2 rings (SSSR count). The van der Waals surface area contributed by atoms with Gasteiger partial charge in [0.25, 0.3) is 0 Å². The van der Waals surface area contributed by atoms with Crippen molar-refractivity contribution < 1.29 is 9.50 Å². The summed E-state index contributed by atoms with van der Waals surface area (Å²) >= 11 is 7.17. The van der Waals surface area contributed by atoms with Gasteiger partial charge in [-0.2, -0.15) is 0 Å². The highest BCUT2D eigenvalue weighted by Crippen LogP contribution is 2.32. The van der Waals surface area contributed by atoms with E-state index in [9.17, 15) is 4.39 Å². The van der Waals surface area contributed by atoms with E-state index in [2.05, 4.69) is 0 Å². The minimum absolute atomic E-state index is 0.250. The molecule has 0 amide bonds. The zero-order valence-corrected chi connectivity index (χ0v) is 8.12. The van der Waals surface area contributed by atoms with Crippen molar-refractivity contribution in [3.05, 3.63) is 33.9 Å². The quantitative estimate of drug-likeness (QED) is 0.776. The van der Waals surface area contributed by atoms with E-state index in [0.29, 0.717) is 15.1 Å². The summed E-state index contributed by atoms with van der Waals surface area (Å²) in [6, 6.07) is 3.23. The standard InChI is InChI=1S/C9H6ClFOS/c10-7-3-5(4-12)8(11)9-6(7)1-2-13-9/h1-3,12H,4H2. The van der Waals surface area contributed by atoms with Gasteiger partial charge in [0.1, 0.15) is 5.82 Å². The predicted octanol–water partition coefficient (Wildman–Crippen LogP) is 3.19. The molecule has 0 fully saturated rings. The number of thiophene rings is 1. The summed E-state index contributed by atoms with van der Waals surface area (Å²) in [5, 5.41) is 11.8. The molecule has 0 saturated carbocycles. The lowest BCUT2D eigenvalue weighted by atomic mass is 10.2. The smallest absolute Gasteiger partial charge is 0.146 e. The van der Waals surface area contributed by atoms with Gasteiger partial charge in [-0.3, -0.25) is 0 Å². The largest absolute Gasteiger partial charge is 0.392 e. The van der Waals surface area contributed by atoms with Crippen LogP contribution in [-0.4, -0.2) is 5.11 Å². The number of hydrogen-bond acceptors (Lipinski definition) is 2. The van der Waals surface area contributed by atoms with E-state index in [-0.39, 0.29) is 18.0 Å². The zero-order valence-electron chi connectivity index (χ0n) is 6.55. The monoisotopic (exact) mass is 216 g/mol. The minimum Gasteiger partial charge on any atom is -0.392 e. The van der Waals surface area contributed by atoms with Gasteiger partial charge < -0.3 is 5.11 Å². The highest BCUT2D eigenvalue weighted by Gasteiger charge is 2.10. The maximum Gasteiger partial charge on any atom is 0.146 e.